The van der Waals surface area contributed by atoms with Crippen LogP contribution in [-0.4, -0.2) is 44.9 Å². The summed E-state index contributed by atoms with van der Waals surface area (Å²) in [5.41, 5.74) is 0.784. The molecule has 1 aromatic carbocycles. The second-order valence-corrected chi connectivity index (χ2v) is 8.57. The van der Waals surface area contributed by atoms with Crippen molar-refractivity contribution in [2.24, 2.45) is 5.92 Å². The number of piperidine rings is 1. The highest BCUT2D eigenvalue weighted by atomic mass is 32.2. The number of aryl methyl sites for hydroxylation is 1. The number of sulfonamides is 1. The summed E-state index contributed by atoms with van der Waals surface area (Å²) in [6.45, 7) is 6.56. The molecule has 1 aliphatic rings. The maximum absolute atomic E-state index is 12.8. The molecule has 1 amide bonds. The molecule has 1 heterocycles. The molecule has 1 aromatic rings. The minimum absolute atomic E-state index is 0.0340. The normalized spacial score (nSPS) is 17.9. The molecule has 1 N–H and O–H groups in total. The highest BCUT2D eigenvalue weighted by Crippen LogP contribution is 2.27. The summed E-state index contributed by atoms with van der Waals surface area (Å²) in [7, 11) is -1.98. The van der Waals surface area contributed by atoms with Crippen LogP contribution in [0.15, 0.2) is 23.1 Å². The molecule has 0 aromatic heterocycles. The second kappa shape index (κ2) is 8.19. The van der Waals surface area contributed by atoms with Gasteiger partial charge in [0.05, 0.1) is 12.0 Å². The van der Waals surface area contributed by atoms with Gasteiger partial charge in [0.1, 0.15) is 5.75 Å². The molecular weight excluding hydrogens is 340 g/mol. The molecule has 0 saturated carbocycles. The third-order valence-corrected chi connectivity index (χ3v) is 6.72. The number of carbonyl (C=O) groups excluding carboxylic acids is 1. The van der Waals surface area contributed by atoms with Crippen LogP contribution in [0.3, 0.4) is 0 Å². The summed E-state index contributed by atoms with van der Waals surface area (Å²) in [5.74, 6) is 0.587. The zero-order valence-corrected chi connectivity index (χ0v) is 16.2. The molecule has 0 bridgehead atoms. The lowest BCUT2D eigenvalue weighted by atomic mass is 9.97. The first-order valence-corrected chi connectivity index (χ1v) is 10.2. The van der Waals surface area contributed by atoms with Gasteiger partial charge in [0.25, 0.3) is 0 Å². The van der Waals surface area contributed by atoms with E-state index in [1.165, 1.54) is 4.31 Å². The molecule has 0 radical (unpaired) electrons. The largest absolute Gasteiger partial charge is 0.496 e. The average molecular weight is 368 g/mol. The lowest BCUT2D eigenvalue weighted by Gasteiger charge is -2.31. The lowest BCUT2D eigenvalue weighted by molar-refractivity contribution is -0.126. The number of ether oxygens (including phenoxy) is 1. The van der Waals surface area contributed by atoms with Crippen molar-refractivity contribution in [3.63, 3.8) is 0 Å². The van der Waals surface area contributed by atoms with Crippen LogP contribution in [0.25, 0.3) is 0 Å². The van der Waals surface area contributed by atoms with Crippen molar-refractivity contribution in [3.8, 4) is 5.75 Å². The molecular formula is C18H28N2O4S. The first-order valence-electron chi connectivity index (χ1n) is 8.74. The Morgan fingerprint density at radius 3 is 2.52 bits per heavy atom. The lowest BCUT2D eigenvalue weighted by Crippen LogP contribution is -2.44. The van der Waals surface area contributed by atoms with Crippen LogP contribution in [0.2, 0.25) is 0 Å². The van der Waals surface area contributed by atoms with Gasteiger partial charge in [-0.05, 0) is 56.9 Å². The van der Waals surface area contributed by atoms with Crippen molar-refractivity contribution in [2.45, 2.75) is 51.0 Å². The molecule has 6 nitrogen and oxygen atoms in total. The maximum atomic E-state index is 12.8. The molecule has 1 atom stereocenters. The molecule has 140 valence electrons. The number of hydrogen-bond donors (Lipinski definition) is 1. The number of nitrogens with zero attached hydrogens (tertiary/aromatic N) is 1. The van der Waals surface area contributed by atoms with Crippen LogP contribution in [0.5, 0.6) is 5.75 Å². The molecule has 1 aliphatic heterocycles. The second-order valence-electron chi connectivity index (χ2n) is 6.63. The standard InChI is InChI=1S/C18H28N2O4S/c1-5-14(3)19-18(21)15-8-10-20(11-9-15)25(22,23)16-6-7-17(24-4)13(2)12-16/h6-7,12,14-15H,5,8-11H2,1-4H3,(H,19,21). The Kier molecular flexibility index (Phi) is 6.46. The molecule has 0 spiro atoms. The van der Waals surface area contributed by atoms with Crippen LogP contribution >= 0.6 is 0 Å². The molecule has 0 aliphatic carbocycles. The quantitative estimate of drug-likeness (QED) is 0.836. The average Bonchev–Trinajstić information content (AvgIpc) is 2.61. The highest BCUT2D eigenvalue weighted by molar-refractivity contribution is 7.89. The van der Waals surface area contributed by atoms with Gasteiger partial charge in [0.2, 0.25) is 15.9 Å². The fourth-order valence-corrected chi connectivity index (χ4v) is 4.54. The number of benzene rings is 1. The van der Waals surface area contributed by atoms with Gasteiger partial charge < -0.3 is 10.1 Å². The number of hydrogen-bond acceptors (Lipinski definition) is 4. The van der Waals surface area contributed by atoms with Crippen LogP contribution in [0, 0.1) is 12.8 Å². The third-order valence-electron chi connectivity index (χ3n) is 4.83. The number of nitrogens with one attached hydrogen (secondary N) is 1. The predicted octanol–water partition coefficient (Wildman–Crippen LogP) is 2.32. The monoisotopic (exact) mass is 368 g/mol. The topological polar surface area (TPSA) is 75.7 Å². The summed E-state index contributed by atoms with van der Waals surface area (Å²) < 4.78 is 32.3. The molecule has 25 heavy (non-hydrogen) atoms. The van der Waals surface area contributed by atoms with Crippen LogP contribution in [0.4, 0.5) is 0 Å². The van der Waals surface area contributed by atoms with Crippen LogP contribution in [-0.2, 0) is 14.8 Å². The zero-order chi connectivity index (χ0) is 18.6. The summed E-state index contributed by atoms with van der Waals surface area (Å²) in [6, 6.07) is 5.03. The van der Waals surface area contributed by atoms with E-state index >= 15 is 0 Å². The fraction of sp³-hybridized carbons (Fsp3) is 0.611. The van der Waals surface area contributed by atoms with Gasteiger partial charge in [-0.1, -0.05) is 6.92 Å². The Morgan fingerprint density at radius 1 is 1.36 bits per heavy atom. The molecule has 1 saturated heterocycles. The van der Waals surface area contributed by atoms with Crippen molar-refractivity contribution in [1.82, 2.24) is 9.62 Å². The highest BCUT2D eigenvalue weighted by Gasteiger charge is 2.32. The predicted molar refractivity (Wildman–Crippen MR) is 97.1 cm³/mol. The van der Waals surface area contributed by atoms with E-state index in [2.05, 4.69) is 5.32 Å². The van der Waals surface area contributed by atoms with E-state index in [0.717, 1.165) is 12.0 Å². The summed E-state index contributed by atoms with van der Waals surface area (Å²) in [5, 5.41) is 2.98. The van der Waals surface area contributed by atoms with Crippen molar-refractivity contribution in [2.75, 3.05) is 20.2 Å². The van der Waals surface area contributed by atoms with E-state index in [9.17, 15) is 13.2 Å². The Labute approximate surface area is 150 Å². The van der Waals surface area contributed by atoms with Crippen molar-refractivity contribution >= 4 is 15.9 Å². The number of amides is 1. The number of rotatable bonds is 6. The summed E-state index contributed by atoms with van der Waals surface area (Å²) in [6.07, 6.45) is 1.99. The van der Waals surface area contributed by atoms with Gasteiger partial charge in [-0.2, -0.15) is 4.31 Å². The van der Waals surface area contributed by atoms with E-state index in [-0.39, 0.29) is 22.8 Å². The number of carbonyl (C=O) groups is 1. The van der Waals surface area contributed by atoms with Gasteiger partial charge in [-0.15, -0.1) is 0 Å². The van der Waals surface area contributed by atoms with E-state index in [1.54, 1.807) is 25.3 Å². The minimum Gasteiger partial charge on any atom is -0.496 e. The smallest absolute Gasteiger partial charge is 0.243 e. The van der Waals surface area contributed by atoms with Gasteiger partial charge in [0, 0.05) is 25.0 Å². The summed E-state index contributed by atoms with van der Waals surface area (Å²) in [4.78, 5) is 12.5. The molecule has 1 unspecified atom stereocenters. The Balaban J connectivity index is 2.04. The summed E-state index contributed by atoms with van der Waals surface area (Å²) >= 11 is 0. The molecule has 2 rings (SSSR count). The Hall–Kier alpha value is -1.60. The molecule has 1 fully saturated rings. The fourth-order valence-electron chi connectivity index (χ4n) is 2.98. The van der Waals surface area contributed by atoms with Crippen molar-refractivity contribution < 1.29 is 17.9 Å². The molecule has 7 heteroatoms. The van der Waals surface area contributed by atoms with E-state index in [1.807, 2.05) is 20.8 Å². The van der Waals surface area contributed by atoms with E-state index < -0.39 is 10.0 Å². The SMILES string of the molecule is CCC(C)NC(=O)C1CCN(S(=O)(=O)c2ccc(OC)c(C)c2)CC1. The van der Waals surface area contributed by atoms with Crippen LogP contribution in [0.1, 0.15) is 38.7 Å². The maximum Gasteiger partial charge on any atom is 0.243 e. The first kappa shape index (κ1) is 19.7. The van der Waals surface area contributed by atoms with E-state index in [4.69, 9.17) is 4.74 Å². The first-order chi connectivity index (χ1) is 11.8. The van der Waals surface area contributed by atoms with E-state index in [0.29, 0.717) is 31.7 Å². The van der Waals surface area contributed by atoms with Crippen molar-refractivity contribution in [1.29, 1.82) is 0 Å². The Bertz CT molecular complexity index is 710. The number of methoxy groups -OCH3 is 1. The van der Waals surface area contributed by atoms with Crippen molar-refractivity contribution in [3.05, 3.63) is 23.8 Å². The van der Waals surface area contributed by atoms with Gasteiger partial charge in [-0.3, -0.25) is 4.79 Å². The zero-order valence-electron chi connectivity index (χ0n) is 15.4. The van der Waals surface area contributed by atoms with Crippen LogP contribution < -0.4 is 10.1 Å². The minimum atomic E-state index is -3.54. The Morgan fingerprint density at radius 2 is 2.00 bits per heavy atom. The van der Waals surface area contributed by atoms with Gasteiger partial charge in [-0.25, -0.2) is 8.42 Å². The van der Waals surface area contributed by atoms with Gasteiger partial charge in [0.15, 0.2) is 0 Å². The third kappa shape index (κ3) is 4.52. The van der Waals surface area contributed by atoms with Gasteiger partial charge >= 0.3 is 0 Å².